The van der Waals surface area contributed by atoms with Crippen molar-refractivity contribution in [3.8, 4) is 17.0 Å². The van der Waals surface area contributed by atoms with Gasteiger partial charge in [-0.1, -0.05) is 54.6 Å². The lowest BCUT2D eigenvalue weighted by atomic mass is 9.80. The van der Waals surface area contributed by atoms with Gasteiger partial charge in [0.25, 0.3) is 11.8 Å². The summed E-state index contributed by atoms with van der Waals surface area (Å²) in [4.78, 5) is 31.1. The highest BCUT2D eigenvalue weighted by Gasteiger charge is 2.17. The number of carbonyl (C=O) groups excluding carboxylic acids is 2. The second-order valence-corrected chi connectivity index (χ2v) is 9.03. The van der Waals surface area contributed by atoms with Crippen molar-refractivity contribution in [2.75, 3.05) is 10.6 Å². The third-order valence-corrected chi connectivity index (χ3v) is 6.18. The number of hydrogen-bond donors (Lipinski definition) is 6. The first-order valence-electron chi connectivity index (χ1n) is 12.5. The molecule has 2 amide bonds. The van der Waals surface area contributed by atoms with Crippen LogP contribution in [0.25, 0.3) is 22.2 Å². The quantitative estimate of drug-likeness (QED) is 0.162. The highest BCUT2D eigenvalue weighted by molar-refractivity contribution is 6.58. The second kappa shape index (κ2) is 12.0. The number of carbonyl (C=O) groups is 2. The van der Waals surface area contributed by atoms with E-state index in [4.69, 9.17) is 14.7 Å². The monoisotopic (exact) mass is 547 g/mol. The van der Waals surface area contributed by atoms with Crippen molar-refractivity contribution in [3.63, 3.8) is 0 Å². The van der Waals surface area contributed by atoms with Crippen LogP contribution < -0.4 is 20.8 Å². The Labute approximate surface area is 235 Å². The van der Waals surface area contributed by atoms with Crippen LogP contribution in [0, 0.1) is 0 Å². The molecule has 0 aliphatic rings. The standard InChI is InChI=1S/C29H23B2N3O7/c35-28(32-22-7-4-8-23(16-22)41-31(39)40)19-5-3-6-21(15-19)33-29(36)25-17-27(34-26-10-2-1-9-24(25)26)18-11-13-20(14-12-18)30(37)38/h1-17,37-40H,(H,32,35)(H,33,36). The van der Waals surface area contributed by atoms with Crippen molar-refractivity contribution in [2.24, 2.45) is 0 Å². The maximum Gasteiger partial charge on any atom is 0.707 e. The van der Waals surface area contributed by atoms with Crippen LogP contribution in [0.1, 0.15) is 20.7 Å². The number of anilines is 2. The number of aromatic nitrogens is 1. The highest BCUT2D eigenvalue weighted by atomic mass is 16.6. The van der Waals surface area contributed by atoms with Gasteiger partial charge in [-0.15, -0.1) is 0 Å². The van der Waals surface area contributed by atoms with E-state index in [-0.39, 0.29) is 11.3 Å². The minimum Gasteiger partial charge on any atom is -0.512 e. The molecule has 5 aromatic rings. The van der Waals surface area contributed by atoms with Crippen molar-refractivity contribution >= 4 is 54.0 Å². The van der Waals surface area contributed by atoms with E-state index in [1.54, 1.807) is 72.8 Å². The van der Waals surface area contributed by atoms with E-state index in [1.807, 2.05) is 12.1 Å². The number of nitrogens with zero attached hydrogens (tertiary/aromatic N) is 1. The second-order valence-electron chi connectivity index (χ2n) is 9.03. The molecule has 12 heteroatoms. The fraction of sp³-hybridized carbons (Fsp3) is 0. The zero-order chi connectivity index (χ0) is 28.9. The molecule has 0 fully saturated rings. The van der Waals surface area contributed by atoms with Crippen LogP contribution in [0.3, 0.4) is 0 Å². The van der Waals surface area contributed by atoms with Gasteiger partial charge in [-0.25, -0.2) is 4.98 Å². The summed E-state index contributed by atoms with van der Waals surface area (Å²) in [5.74, 6) is -0.696. The number of fused-ring (bicyclic) bond motifs is 1. The average molecular weight is 547 g/mol. The molecule has 0 bridgehead atoms. The van der Waals surface area contributed by atoms with Gasteiger partial charge in [0.15, 0.2) is 0 Å². The Morgan fingerprint density at radius 2 is 1.39 bits per heavy atom. The Kier molecular flexibility index (Phi) is 8.09. The van der Waals surface area contributed by atoms with E-state index in [0.29, 0.717) is 44.6 Å². The molecule has 0 unspecified atom stereocenters. The molecule has 4 aromatic carbocycles. The first-order chi connectivity index (χ1) is 19.8. The summed E-state index contributed by atoms with van der Waals surface area (Å²) < 4.78 is 4.82. The maximum absolute atomic E-state index is 13.5. The molecule has 5 rings (SSSR count). The summed E-state index contributed by atoms with van der Waals surface area (Å²) in [7, 11) is -3.58. The van der Waals surface area contributed by atoms with Gasteiger partial charge in [0, 0.05) is 34.0 Å². The van der Waals surface area contributed by atoms with Crippen LogP contribution in [-0.4, -0.2) is 51.3 Å². The summed E-state index contributed by atoms with van der Waals surface area (Å²) in [5, 5.41) is 43.0. The molecular formula is C29H23B2N3O7. The largest absolute Gasteiger partial charge is 0.707 e. The molecule has 1 aromatic heterocycles. The first-order valence-corrected chi connectivity index (χ1v) is 12.5. The van der Waals surface area contributed by atoms with Crippen LogP contribution in [0.2, 0.25) is 0 Å². The van der Waals surface area contributed by atoms with Crippen molar-refractivity contribution in [3.05, 3.63) is 114 Å². The van der Waals surface area contributed by atoms with Crippen LogP contribution in [-0.2, 0) is 0 Å². The Hall–Kier alpha value is -5.00. The number of pyridine rings is 1. The van der Waals surface area contributed by atoms with E-state index in [2.05, 4.69) is 15.6 Å². The van der Waals surface area contributed by atoms with E-state index in [1.165, 1.54) is 18.2 Å². The lowest BCUT2D eigenvalue weighted by molar-refractivity contribution is 0.101. The van der Waals surface area contributed by atoms with E-state index in [9.17, 15) is 19.6 Å². The zero-order valence-electron chi connectivity index (χ0n) is 21.4. The molecule has 41 heavy (non-hydrogen) atoms. The molecule has 0 aliphatic carbocycles. The molecule has 0 saturated heterocycles. The number of rotatable bonds is 8. The third kappa shape index (κ3) is 6.60. The third-order valence-electron chi connectivity index (χ3n) is 6.18. The molecule has 0 aliphatic heterocycles. The summed E-state index contributed by atoms with van der Waals surface area (Å²) in [6.07, 6.45) is 0. The van der Waals surface area contributed by atoms with Crippen molar-refractivity contribution in [1.82, 2.24) is 4.98 Å². The molecule has 0 atom stereocenters. The van der Waals surface area contributed by atoms with Crippen molar-refractivity contribution in [2.45, 2.75) is 0 Å². The molecule has 1 heterocycles. The van der Waals surface area contributed by atoms with E-state index in [0.717, 1.165) is 0 Å². The fourth-order valence-corrected chi connectivity index (χ4v) is 4.25. The summed E-state index contributed by atoms with van der Waals surface area (Å²) in [6.45, 7) is 0. The highest BCUT2D eigenvalue weighted by Crippen LogP contribution is 2.26. The number of benzene rings is 4. The number of nitrogens with one attached hydrogen (secondary N) is 2. The minimum absolute atomic E-state index is 0.157. The predicted molar refractivity (Wildman–Crippen MR) is 157 cm³/mol. The van der Waals surface area contributed by atoms with Gasteiger partial charge < -0.3 is 35.4 Å². The van der Waals surface area contributed by atoms with Gasteiger partial charge in [0.2, 0.25) is 0 Å². The van der Waals surface area contributed by atoms with Crippen molar-refractivity contribution < 1.29 is 34.3 Å². The minimum atomic E-state index is -1.99. The molecule has 0 saturated carbocycles. The predicted octanol–water partition coefficient (Wildman–Crippen LogP) is 2.43. The van der Waals surface area contributed by atoms with Crippen LogP contribution in [0.15, 0.2) is 103 Å². The maximum atomic E-state index is 13.5. The van der Waals surface area contributed by atoms with Gasteiger partial charge in [-0.05, 0) is 47.9 Å². The number of hydrogen-bond acceptors (Lipinski definition) is 8. The van der Waals surface area contributed by atoms with Gasteiger partial charge in [-0.3, -0.25) is 9.59 Å². The van der Waals surface area contributed by atoms with E-state index >= 15 is 0 Å². The Morgan fingerprint density at radius 1 is 0.707 bits per heavy atom. The summed E-state index contributed by atoms with van der Waals surface area (Å²) in [5.41, 5.74) is 3.58. The first kappa shape index (κ1) is 27.6. The zero-order valence-corrected chi connectivity index (χ0v) is 21.4. The van der Waals surface area contributed by atoms with Crippen molar-refractivity contribution in [1.29, 1.82) is 0 Å². The normalized spacial score (nSPS) is 10.6. The SMILES string of the molecule is O=C(Nc1cccc(OB(O)O)c1)c1cccc(NC(=O)c2cc(-c3ccc(B(O)O)cc3)nc3ccccc23)c1. The number of amides is 2. The topological polar surface area (TPSA) is 161 Å². The lowest BCUT2D eigenvalue weighted by Gasteiger charge is -2.12. The van der Waals surface area contributed by atoms with Gasteiger partial charge >= 0.3 is 14.4 Å². The fourth-order valence-electron chi connectivity index (χ4n) is 4.25. The van der Waals surface area contributed by atoms with E-state index < -0.39 is 26.3 Å². The number of para-hydroxylation sites is 1. The Bertz CT molecular complexity index is 1730. The van der Waals surface area contributed by atoms with Crippen LogP contribution >= 0.6 is 0 Å². The molecular weight excluding hydrogens is 524 g/mol. The van der Waals surface area contributed by atoms with Gasteiger partial charge in [0.1, 0.15) is 5.75 Å². The Balaban J connectivity index is 1.39. The average Bonchev–Trinajstić information content (AvgIpc) is 2.96. The summed E-state index contributed by atoms with van der Waals surface area (Å²) >= 11 is 0. The molecule has 10 nitrogen and oxygen atoms in total. The Morgan fingerprint density at radius 3 is 2.12 bits per heavy atom. The molecule has 202 valence electrons. The molecule has 0 spiro atoms. The molecule has 6 N–H and O–H groups in total. The smallest absolute Gasteiger partial charge is 0.512 e. The lowest BCUT2D eigenvalue weighted by Crippen LogP contribution is -2.29. The van der Waals surface area contributed by atoms with Crippen LogP contribution in [0.4, 0.5) is 11.4 Å². The van der Waals surface area contributed by atoms with Crippen LogP contribution in [0.5, 0.6) is 5.75 Å². The molecule has 0 radical (unpaired) electrons. The van der Waals surface area contributed by atoms with Gasteiger partial charge in [0.05, 0.1) is 16.8 Å². The summed E-state index contributed by atoms with van der Waals surface area (Å²) in [6, 6.07) is 28.0. The van der Waals surface area contributed by atoms with Gasteiger partial charge in [-0.2, -0.15) is 0 Å².